The molecule has 0 aromatic carbocycles. The molecule has 4 heteroatoms. The van der Waals surface area contributed by atoms with Crippen molar-refractivity contribution in [2.75, 3.05) is 0 Å². The number of hydrogen-bond donors (Lipinski definition) is 0. The molecule has 0 bridgehead atoms. The van der Waals surface area contributed by atoms with Crippen molar-refractivity contribution in [3.63, 3.8) is 0 Å². The molecule has 0 radical (unpaired) electrons. The van der Waals surface area contributed by atoms with Gasteiger partial charge in [0.1, 0.15) is 0 Å². The molecule has 74 valence electrons. The summed E-state index contributed by atoms with van der Waals surface area (Å²) in [5.41, 5.74) is 0. The molecular formula is C8H17Cl2OP. The van der Waals surface area contributed by atoms with E-state index in [0.29, 0.717) is 0 Å². The van der Waals surface area contributed by atoms with E-state index in [1.165, 1.54) is 25.7 Å². The molecule has 0 saturated heterocycles. The molecular weight excluding hydrogens is 214 g/mol. The largest absolute Gasteiger partial charge is 0.329 e. The molecule has 12 heavy (non-hydrogen) atoms. The maximum atomic E-state index is 5.52. The fourth-order valence-electron chi connectivity index (χ4n) is 1.05. The first kappa shape index (κ1) is 13.0. The zero-order valence-corrected chi connectivity index (χ0v) is 10.1. The standard InChI is InChI=1S/C8H17Cl2OP/c1-3-4-5-6-7-8(2)11-12(9)10/h8H,3-7H2,1-2H3. The van der Waals surface area contributed by atoms with Gasteiger partial charge < -0.3 is 4.52 Å². The highest BCUT2D eigenvalue weighted by Crippen LogP contribution is 2.49. The van der Waals surface area contributed by atoms with E-state index in [-0.39, 0.29) is 6.10 Å². The van der Waals surface area contributed by atoms with Crippen LogP contribution in [0.1, 0.15) is 46.0 Å². The molecule has 1 nitrogen and oxygen atoms in total. The van der Waals surface area contributed by atoms with Crippen LogP contribution in [0.5, 0.6) is 0 Å². The van der Waals surface area contributed by atoms with E-state index in [1.54, 1.807) is 0 Å². The first-order valence-corrected chi connectivity index (χ1v) is 7.52. The van der Waals surface area contributed by atoms with E-state index in [2.05, 4.69) is 6.92 Å². The Kier molecular flexibility index (Phi) is 9.26. The van der Waals surface area contributed by atoms with Gasteiger partial charge in [0, 0.05) is 0 Å². The number of unbranched alkanes of at least 4 members (excludes halogenated alkanes) is 3. The van der Waals surface area contributed by atoms with Gasteiger partial charge >= 0.3 is 0 Å². The third kappa shape index (κ3) is 9.06. The van der Waals surface area contributed by atoms with Crippen molar-refractivity contribution in [1.82, 2.24) is 0 Å². The first-order valence-electron chi connectivity index (χ1n) is 4.45. The summed E-state index contributed by atoms with van der Waals surface area (Å²) in [6, 6.07) is 0. The summed E-state index contributed by atoms with van der Waals surface area (Å²) in [6.07, 6.45) is 6.36. The predicted octanol–water partition coefficient (Wildman–Crippen LogP) is 5.07. The maximum absolute atomic E-state index is 5.52. The zero-order chi connectivity index (χ0) is 9.40. The number of halogens is 2. The summed E-state index contributed by atoms with van der Waals surface area (Å²) in [7, 11) is 0. The number of rotatable bonds is 7. The molecule has 0 aliphatic rings. The second-order valence-electron chi connectivity index (χ2n) is 2.97. The van der Waals surface area contributed by atoms with Crippen LogP contribution in [0.25, 0.3) is 0 Å². The Labute approximate surface area is 86.2 Å². The Morgan fingerprint density at radius 1 is 1.25 bits per heavy atom. The van der Waals surface area contributed by atoms with Gasteiger partial charge in [-0.05, 0) is 35.8 Å². The summed E-state index contributed by atoms with van der Waals surface area (Å²) < 4.78 is 5.23. The molecule has 0 saturated carbocycles. The van der Waals surface area contributed by atoms with E-state index < -0.39 is 6.85 Å². The van der Waals surface area contributed by atoms with Gasteiger partial charge in [0.25, 0.3) is 0 Å². The molecule has 0 amide bonds. The lowest BCUT2D eigenvalue weighted by Gasteiger charge is -2.11. The second kappa shape index (κ2) is 8.56. The highest BCUT2D eigenvalue weighted by Gasteiger charge is 2.07. The molecule has 0 aromatic heterocycles. The third-order valence-corrected chi connectivity index (χ3v) is 2.72. The van der Waals surface area contributed by atoms with Crippen molar-refractivity contribution in [1.29, 1.82) is 0 Å². The Bertz CT molecular complexity index is 101. The van der Waals surface area contributed by atoms with Crippen molar-refractivity contribution >= 4 is 29.3 Å². The van der Waals surface area contributed by atoms with Crippen LogP contribution >= 0.6 is 29.3 Å². The van der Waals surface area contributed by atoms with Crippen LogP contribution in [-0.2, 0) is 4.52 Å². The lowest BCUT2D eigenvalue weighted by molar-refractivity contribution is 0.239. The molecule has 0 aliphatic carbocycles. The van der Waals surface area contributed by atoms with Crippen LogP contribution in [0.15, 0.2) is 0 Å². The topological polar surface area (TPSA) is 9.23 Å². The van der Waals surface area contributed by atoms with Crippen molar-refractivity contribution in [2.24, 2.45) is 0 Å². The monoisotopic (exact) mass is 230 g/mol. The molecule has 1 atom stereocenters. The van der Waals surface area contributed by atoms with Crippen LogP contribution in [-0.4, -0.2) is 6.10 Å². The Balaban J connectivity index is 3.14. The van der Waals surface area contributed by atoms with Gasteiger partial charge in [0.2, 0.25) is 6.85 Å². The van der Waals surface area contributed by atoms with E-state index in [1.807, 2.05) is 6.92 Å². The van der Waals surface area contributed by atoms with Gasteiger partial charge in [-0.3, -0.25) is 0 Å². The highest BCUT2D eigenvalue weighted by molar-refractivity contribution is 8.00. The zero-order valence-electron chi connectivity index (χ0n) is 7.72. The molecule has 0 aliphatic heterocycles. The van der Waals surface area contributed by atoms with Crippen molar-refractivity contribution in [2.45, 2.75) is 52.1 Å². The normalized spacial score (nSPS) is 13.8. The third-order valence-electron chi connectivity index (χ3n) is 1.72. The van der Waals surface area contributed by atoms with Crippen LogP contribution in [0.2, 0.25) is 0 Å². The van der Waals surface area contributed by atoms with Crippen molar-refractivity contribution in [3.8, 4) is 0 Å². The van der Waals surface area contributed by atoms with E-state index in [4.69, 9.17) is 27.0 Å². The van der Waals surface area contributed by atoms with Gasteiger partial charge in [-0.15, -0.1) is 0 Å². The molecule has 0 fully saturated rings. The highest BCUT2D eigenvalue weighted by atomic mass is 35.9. The smallest absolute Gasteiger partial charge is 0.225 e. The fourth-order valence-corrected chi connectivity index (χ4v) is 2.24. The lowest BCUT2D eigenvalue weighted by Crippen LogP contribution is -2.01. The Morgan fingerprint density at radius 3 is 2.42 bits per heavy atom. The second-order valence-corrected chi connectivity index (χ2v) is 5.94. The van der Waals surface area contributed by atoms with Gasteiger partial charge in [-0.1, -0.05) is 32.6 Å². The maximum Gasteiger partial charge on any atom is 0.225 e. The molecule has 1 unspecified atom stereocenters. The lowest BCUT2D eigenvalue weighted by atomic mass is 10.1. The fraction of sp³-hybridized carbons (Fsp3) is 1.00. The summed E-state index contributed by atoms with van der Waals surface area (Å²) >= 11 is 11.0. The molecule has 0 aromatic rings. The average Bonchev–Trinajstić information content (AvgIpc) is 1.97. The molecule has 0 spiro atoms. The van der Waals surface area contributed by atoms with E-state index in [0.717, 1.165) is 6.42 Å². The molecule has 0 heterocycles. The van der Waals surface area contributed by atoms with Gasteiger partial charge in [0.05, 0.1) is 6.10 Å². The van der Waals surface area contributed by atoms with Crippen LogP contribution in [0, 0.1) is 0 Å². The minimum Gasteiger partial charge on any atom is -0.329 e. The van der Waals surface area contributed by atoms with Gasteiger partial charge in [-0.2, -0.15) is 0 Å². The van der Waals surface area contributed by atoms with Gasteiger partial charge in [-0.25, -0.2) is 0 Å². The summed E-state index contributed by atoms with van der Waals surface area (Å²) in [5, 5.41) is 0. The average molecular weight is 231 g/mol. The van der Waals surface area contributed by atoms with Crippen LogP contribution in [0.4, 0.5) is 0 Å². The minimum atomic E-state index is -1.22. The summed E-state index contributed by atoms with van der Waals surface area (Å²) in [6.45, 7) is 3.01. The number of hydrogen-bond acceptors (Lipinski definition) is 1. The minimum absolute atomic E-state index is 0.211. The molecule has 0 rings (SSSR count). The van der Waals surface area contributed by atoms with Crippen molar-refractivity contribution in [3.05, 3.63) is 0 Å². The SMILES string of the molecule is CCCCCCC(C)OP(Cl)Cl. The quantitative estimate of drug-likeness (QED) is 0.439. The van der Waals surface area contributed by atoms with Crippen LogP contribution in [0.3, 0.4) is 0 Å². The summed E-state index contributed by atoms with van der Waals surface area (Å²) in [5.74, 6) is 0. The summed E-state index contributed by atoms with van der Waals surface area (Å²) in [4.78, 5) is 0. The Morgan fingerprint density at radius 2 is 1.92 bits per heavy atom. The van der Waals surface area contributed by atoms with Crippen LogP contribution < -0.4 is 0 Å². The van der Waals surface area contributed by atoms with E-state index in [9.17, 15) is 0 Å². The first-order chi connectivity index (χ1) is 5.66. The predicted molar refractivity (Wildman–Crippen MR) is 57.9 cm³/mol. The molecule has 0 N–H and O–H groups in total. The van der Waals surface area contributed by atoms with Crippen molar-refractivity contribution < 1.29 is 4.52 Å². The van der Waals surface area contributed by atoms with E-state index >= 15 is 0 Å². The van der Waals surface area contributed by atoms with Gasteiger partial charge in [0.15, 0.2) is 0 Å². The Hall–Kier alpha value is 0.970.